The molecule has 2 aromatic heterocycles. The highest BCUT2D eigenvalue weighted by atomic mass is 35.5. The topological polar surface area (TPSA) is 86.4 Å². The molecule has 9 heteroatoms. The van der Waals surface area contributed by atoms with Crippen LogP contribution < -0.4 is 10.1 Å². The van der Waals surface area contributed by atoms with Crippen LogP contribution in [0.2, 0.25) is 10.0 Å². The number of hydrogen-bond donors (Lipinski definition) is 1. The van der Waals surface area contributed by atoms with E-state index in [0.29, 0.717) is 33.7 Å². The number of anilines is 1. The molecule has 0 saturated heterocycles. The smallest absolute Gasteiger partial charge is 0.292 e. The summed E-state index contributed by atoms with van der Waals surface area (Å²) in [6, 6.07) is 17.4. The van der Waals surface area contributed by atoms with Gasteiger partial charge in [-0.15, -0.1) is 0 Å². The van der Waals surface area contributed by atoms with Crippen molar-refractivity contribution in [2.24, 2.45) is 0 Å². The number of nitrogens with one attached hydrogen (secondary N) is 1. The lowest BCUT2D eigenvalue weighted by molar-refractivity contribution is 0.0990. The van der Waals surface area contributed by atoms with Crippen molar-refractivity contribution in [2.75, 3.05) is 5.32 Å². The van der Waals surface area contributed by atoms with Gasteiger partial charge in [-0.1, -0.05) is 35.3 Å². The minimum absolute atomic E-state index is 0.0156. The fraction of sp³-hybridized carbons (Fsp3) is 0.125. The molecule has 168 valence electrons. The van der Waals surface area contributed by atoms with Crippen molar-refractivity contribution in [1.82, 2.24) is 9.78 Å². The number of nitrogens with zero attached hydrogens (tertiary/aromatic N) is 2. The van der Waals surface area contributed by atoms with Crippen molar-refractivity contribution in [1.29, 1.82) is 0 Å². The maximum atomic E-state index is 12.6. The fourth-order valence-electron chi connectivity index (χ4n) is 3.03. The number of rotatable bonds is 8. The van der Waals surface area contributed by atoms with Gasteiger partial charge in [0.2, 0.25) is 0 Å². The second-order valence-electron chi connectivity index (χ2n) is 7.24. The van der Waals surface area contributed by atoms with Crippen LogP contribution in [0.25, 0.3) is 0 Å². The Kier molecular flexibility index (Phi) is 6.82. The summed E-state index contributed by atoms with van der Waals surface area (Å²) in [5, 5.41) is 7.94. The molecule has 0 saturated carbocycles. The molecule has 0 aliphatic heterocycles. The minimum atomic E-state index is -0.481. The van der Waals surface area contributed by atoms with Gasteiger partial charge in [-0.25, -0.2) is 0 Å². The first-order chi connectivity index (χ1) is 15.9. The Morgan fingerprint density at radius 1 is 1.03 bits per heavy atom. The third-order valence-electron chi connectivity index (χ3n) is 4.73. The zero-order chi connectivity index (χ0) is 23.4. The number of ether oxygens (including phenoxy) is 1. The second-order valence-corrected chi connectivity index (χ2v) is 8.08. The molecule has 4 aromatic rings. The first-order valence-corrected chi connectivity index (χ1v) is 10.7. The normalized spacial score (nSPS) is 10.8. The van der Waals surface area contributed by atoms with Crippen molar-refractivity contribution in [3.8, 4) is 5.75 Å². The number of furan rings is 1. The summed E-state index contributed by atoms with van der Waals surface area (Å²) in [6.45, 7) is 2.11. The summed E-state index contributed by atoms with van der Waals surface area (Å²) in [4.78, 5) is 23.9. The van der Waals surface area contributed by atoms with E-state index in [2.05, 4.69) is 10.4 Å². The summed E-state index contributed by atoms with van der Waals surface area (Å²) in [7, 11) is 0. The van der Waals surface area contributed by atoms with E-state index in [9.17, 15) is 9.59 Å². The van der Waals surface area contributed by atoms with Gasteiger partial charge in [-0.2, -0.15) is 5.10 Å². The molecule has 0 unspecified atom stereocenters. The molecule has 33 heavy (non-hydrogen) atoms. The van der Waals surface area contributed by atoms with Gasteiger partial charge in [-0.3, -0.25) is 14.3 Å². The zero-order valence-corrected chi connectivity index (χ0v) is 19.1. The van der Waals surface area contributed by atoms with Gasteiger partial charge in [0, 0.05) is 16.8 Å². The van der Waals surface area contributed by atoms with Gasteiger partial charge in [0.1, 0.15) is 23.1 Å². The molecule has 2 aromatic carbocycles. The van der Waals surface area contributed by atoms with Gasteiger partial charge in [0.15, 0.2) is 17.4 Å². The predicted octanol–water partition coefficient (Wildman–Crippen LogP) is 5.87. The quantitative estimate of drug-likeness (QED) is 0.317. The van der Waals surface area contributed by atoms with E-state index in [1.54, 1.807) is 59.4 Å². The Morgan fingerprint density at radius 3 is 2.45 bits per heavy atom. The van der Waals surface area contributed by atoms with Crippen LogP contribution in [0, 0.1) is 0 Å². The fourth-order valence-corrected chi connectivity index (χ4v) is 3.35. The number of Topliss-reactive ketones (excluding diaryl/α,β-unsaturated/α-hetero) is 1. The van der Waals surface area contributed by atoms with Gasteiger partial charge in [-0.05, 0) is 61.0 Å². The largest absolute Gasteiger partial charge is 0.486 e. The Hall–Kier alpha value is -3.55. The number of halogens is 2. The number of carbonyl (C=O) groups excluding carboxylic acids is 2. The van der Waals surface area contributed by atoms with Crippen molar-refractivity contribution >= 4 is 40.7 Å². The maximum Gasteiger partial charge on any atom is 0.292 e. The number of ketones is 1. The highest BCUT2D eigenvalue weighted by Crippen LogP contribution is 2.22. The Balaban J connectivity index is 1.35. The van der Waals surface area contributed by atoms with E-state index in [1.807, 2.05) is 12.1 Å². The third-order valence-corrected chi connectivity index (χ3v) is 5.26. The first kappa shape index (κ1) is 22.6. The number of carbonyl (C=O) groups is 2. The zero-order valence-electron chi connectivity index (χ0n) is 17.5. The van der Waals surface area contributed by atoms with Crippen LogP contribution in [0.15, 0.2) is 71.3 Å². The number of amides is 1. The SMILES string of the molecule is CC(=O)c1ccc(OCc2ccc(C(=O)Nc3nn(Cc4ccc(Cl)cc4)cc3Cl)o2)cc1. The molecule has 0 radical (unpaired) electrons. The van der Waals surface area contributed by atoms with Crippen LogP contribution in [-0.2, 0) is 13.2 Å². The molecule has 2 heterocycles. The van der Waals surface area contributed by atoms with Crippen LogP contribution in [0.4, 0.5) is 5.82 Å². The number of hydrogen-bond acceptors (Lipinski definition) is 5. The molecule has 0 spiro atoms. The van der Waals surface area contributed by atoms with E-state index in [1.165, 1.54) is 6.92 Å². The summed E-state index contributed by atoms with van der Waals surface area (Å²) >= 11 is 12.1. The summed E-state index contributed by atoms with van der Waals surface area (Å²) in [5.41, 5.74) is 1.59. The third kappa shape index (κ3) is 5.83. The van der Waals surface area contributed by atoms with E-state index in [-0.39, 0.29) is 24.0 Å². The summed E-state index contributed by atoms with van der Waals surface area (Å²) in [5.74, 6) is 0.888. The summed E-state index contributed by atoms with van der Waals surface area (Å²) < 4.78 is 12.8. The first-order valence-electron chi connectivity index (χ1n) is 9.98. The van der Waals surface area contributed by atoms with E-state index in [4.69, 9.17) is 32.4 Å². The van der Waals surface area contributed by atoms with Gasteiger partial charge >= 0.3 is 0 Å². The molecule has 0 aliphatic carbocycles. The van der Waals surface area contributed by atoms with Gasteiger partial charge in [0.25, 0.3) is 5.91 Å². The lowest BCUT2D eigenvalue weighted by Crippen LogP contribution is -2.12. The van der Waals surface area contributed by atoms with Gasteiger partial charge in [0.05, 0.1) is 6.54 Å². The molecule has 0 bridgehead atoms. The molecule has 0 fully saturated rings. The molecule has 1 N–H and O–H groups in total. The Labute approximate surface area is 199 Å². The van der Waals surface area contributed by atoms with Crippen molar-refractivity contribution in [2.45, 2.75) is 20.1 Å². The van der Waals surface area contributed by atoms with Crippen LogP contribution in [-0.4, -0.2) is 21.5 Å². The molecular weight excluding hydrogens is 465 g/mol. The van der Waals surface area contributed by atoms with Crippen LogP contribution >= 0.6 is 23.2 Å². The van der Waals surface area contributed by atoms with Crippen molar-refractivity contribution in [3.05, 3.63) is 99.6 Å². The predicted molar refractivity (Wildman–Crippen MR) is 125 cm³/mol. The average Bonchev–Trinajstić information content (AvgIpc) is 3.41. The molecule has 1 amide bonds. The monoisotopic (exact) mass is 483 g/mol. The second kappa shape index (κ2) is 9.94. The number of aromatic nitrogens is 2. The molecule has 4 rings (SSSR count). The van der Waals surface area contributed by atoms with Crippen LogP contribution in [0.1, 0.15) is 39.2 Å². The van der Waals surface area contributed by atoms with Crippen LogP contribution in [0.3, 0.4) is 0 Å². The van der Waals surface area contributed by atoms with Crippen LogP contribution in [0.5, 0.6) is 5.75 Å². The van der Waals surface area contributed by atoms with E-state index < -0.39 is 5.91 Å². The average molecular weight is 484 g/mol. The standard InChI is InChI=1S/C24H19Cl2N3O4/c1-15(30)17-4-8-19(9-5-17)32-14-20-10-11-22(33-20)24(31)27-23-21(26)13-29(28-23)12-16-2-6-18(25)7-3-16/h2-11,13H,12,14H2,1H3,(H,27,28,31). The number of benzene rings is 2. The van der Waals surface area contributed by atoms with E-state index in [0.717, 1.165) is 5.56 Å². The Morgan fingerprint density at radius 2 is 1.76 bits per heavy atom. The lowest BCUT2D eigenvalue weighted by atomic mass is 10.1. The highest BCUT2D eigenvalue weighted by molar-refractivity contribution is 6.33. The lowest BCUT2D eigenvalue weighted by Gasteiger charge is -2.05. The molecular formula is C24H19Cl2N3O4. The Bertz CT molecular complexity index is 1280. The van der Waals surface area contributed by atoms with Crippen molar-refractivity contribution in [3.63, 3.8) is 0 Å². The van der Waals surface area contributed by atoms with Gasteiger partial charge < -0.3 is 14.5 Å². The minimum Gasteiger partial charge on any atom is -0.486 e. The van der Waals surface area contributed by atoms with Crippen molar-refractivity contribution < 1.29 is 18.7 Å². The highest BCUT2D eigenvalue weighted by Gasteiger charge is 2.16. The maximum absolute atomic E-state index is 12.6. The van der Waals surface area contributed by atoms with E-state index >= 15 is 0 Å². The molecule has 0 aliphatic rings. The summed E-state index contributed by atoms with van der Waals surface area (Å²) in [6.07, 6.45) is 1.63. The molecule has 0 atom stereocenters. The molecule has 7 nitrogen and oxygen atoms in total.